The molecule has 1 aliphatic heterocycles. The minimum absolute atomic E-state index is 0.0133. The zero-order valence-corrected chi connectivity index (χ0v) is 13.7. The smallest absolute Gasteiger partial charge is 0.407 e. The van der Waals surface area contributed by atoms with Crippen LogP contribution in [0.2, 0.25) is 5.02 Å². The maximum Gasteiger partial charge on any atom is 0.407 e. The number of thioether (sulfide) groups is 1. The highest BCUT2D eigenvalue weighted by Gasteiger charge is 2.29. The van der Waals surface area contributed by atoms with Crippen molar-refractivity contribution in [1.82, 2.24) is 24.5 Å². The largest absolute Gasteiger partial charge is 0.465 e. The van der Waals surface area contributed by atoms with Gasteiger partial charge in [0.15, 0.2) is 10.8 Å². The summed E-state index contributed by atoms with van der Waals surface area (Å²) in [5, 5.41) is 14.4. The van der Waals surface area contributed by atoms with Crippen LogP contribution in [0.4, 0.5) is 10.7 Å². The molecule has 0 spiro atoms. The second-order valence-corrected chi connectivity index (χ2v) is 6.19. The number of carboxylic acid groups (broad SMARTS) is 1. The summed E-state index contributed by atoms with van der Waals surface area (Å²) in [6.45, 7) is 3.36. The van der Waals surface area contributed by atoms with Gasteiger partial charge < -0.3 is 14.9 Å². The number of nitrogens with zero attached hydrogens (tertiary/aromatic N) is 6. The highest BCUT2D eigenvalue weighted by molar-refractivity contribution is 7.98. The first-order valence-electron chi connectivity index (χ1n) is 6.71. The third-order valence-corrected chi connectivity index (χ3v) is 4.44. The molecule has 10 heteroatoms. The van der Waals surface area contributed by atoms with Gasteiger partial charge in [-0.25, -0.2) is 9.78 Å². The molecule has 8 nitrogen and oxygen atoms in total. The van der Waals surface area contributed by atoms with E-state index in [1.807, 2.05) is 18.1 Å². The van der Waals surface area contributed by atoms with Crippen molar-refractivity contribution in [2.24, 2.45) is 0 Å². The lowest BCUT2D eigenvalue weighted by Crippen LogP contribution is -2.54. The molecule has 0 radical (unpaired) electrons. The number of halogens is 1. The van der Waals surface area contributed by atoms with Crippen molar-refractivity contribution >= 4 is 41.1 Å². The second kappa shape index (κ2) is 5.81. The van der Waals surface area contributed by atoms with Gasteiger partial charge in [-0.1, -0.05) is 23.4 Å². The Labute approximate surface area is 136 Å². The maximum atomic E-state index is 11.1. The van der Waals surface area contributed by atoms with E-state index in [-0.39, 0.29) is 6.04 Å². The number of hydrogen-bond donors (Lipinski definition) is 1. The van der Waals surface area contributed by atoms with Gasteiger partial charge in [0.05, 0.1) is 6.20 Å². The summed E-state index contributed by atoms with van der Waals surface area (Å²) in [5.74, 6) is 0.638. The van der Waals surface area contributed by atoms with Crippen LogP contribution in [0.5, 0.6) is 0 Å². The molecular weight excluding hydrogens is 328 g/mol. The number of anilines is 1. The number of carbonyl (C=O) groups is 1. The van der Waals surface area contributed by atoms with Crippen molar-refractivity contribution in [1.29, 1.82) is 0 Å². The van der Waals surface area contributed by atoms with E-state index in [0.717, 1.165) is 0 Å². The van der Waals surface area contributed by atoms with Crippen molar-refractivity contribution in [2.45, 2.75) is 18.1 Å². The van der Waals surface area contributed by atoms with Crippen LogP contribution in [-0.2, 0) is 0 Å². The molecule has 3 heterocycles. The van der Waals surface area contributed by atoms with Crippen LogP contribution < -0.4 is 4.90 Å². The second-order valence-electron chi connectivity index (χ2n) is 5.01. The highest BCUT2D eigenvalue weighted by Crippen LogP contribution is 2.25. The van der Waals surface area contributed by atoms with Gasteiger partial charge in [0.2, 0.25) is 5.95 Å². The van der Waals surface area contributed by atoms with Crippen molar-refractivity contribution in [3.8, 4) is 0 Å². The summed E-state index contributed by atoms with van der Waals surface area (Å²) in [7, 11) is 0. The number of fused-ring (bicyclic) bond motifs is 1. The molecule has 22 heavy (non-hydrogen) atoms. The highest BCUT2D eigenvalue weighted by atomic mass is 35.5. The Kier molecular flexibility index (Phi) is 4.00. The van der Waals surface area contributed by atoms with Gasteiger partial charge in [0.25, 0.3) is 0 Å². The predicted molar refractivity (Wildman–Crippen MR) is 84.0 cm³/mol. The molecule has 0 saturated carbocycles. The molecule has 0 unspecified atom stereocenters. The lowest BCUT2D eigenvalue weighted by Gasteiger charge is -2.39. The van der Waals surface area contributed by atoms with Crippen LogP contribution in [0.15, 0.2) is 11.4 Å². The lowest BCUT2D eigenvalue weighted by molar-refractivity contribution is 0.136. The summed E-state index contributed by atoms with van der Waals surface area (Å²) in [5.41, 5.74) is 0.559. The summed E-state index contributed by atoms with van der Waals surface area (Å²) in [6, 6.07) is -0.0133. The van der Waals surface area contributed by atoms with Crippen molar-refractivity contribution in [3.05, 3.63) is 11.2 Å². The molecule has 1 amide bonds. The first kappa shape index (κ1) is 15.2. The zero-order chi connectivity index (χ0) is 15.9. The minimum Gasteiger partial charge on any atom is -0.465 e. The number of aromatic nitrogens is 4. The average Bonchev–Trinajstić information content (AvgIpc) is 2.88. The first-order valence-corrected chi connectivity index (χ1v) is 8.31. The van der Waals surface area contributed by atoms with E-state index in [1.54, 1.807) is 4.52 Å². The van der Waals surface area contributed by atoms with Gasteiger partial charge in [-0.15, -0.1) is 0 Å². The Bertz CT molecular complexity index is 723. The molecule has 2 aromatic rings. The molecular formula is C12H15ClN6O2S. The number of hydrogen-bond acceptors (Lipinski definition) is 6. The van der Waals surface area contributed by atoms with E-state index in [2.05, 4.69) is 15.1 Å². The first-order chi connectivity index (χ1) is 10.5. The van der Waals surface area contributed by atoms with Crippen LogP contribution in [0.25, 0.3) is 5.65 Å². The SMILES string of the molecule is CSc1nc(N2CCN(C(=O)O)C[C@@H]2C)n2ncc(Cl)c2n1. The van der Waals surface area contributed by atoms with E-state index >= 15 is 0 Å². The number of amides is 1. The summed E-state index contributed by atoms with van der Waals surface area (Å²) in [6.07, 6.45) is 2.54. The Morgan fingerprint density at radius 1 is 1.45 bits per heavy atom. The predicted octanol–water partition coefficient (Wildman–Crippen LogP) is 1.69. The fourth-order valence-electron chi connectivity index (χ4n) is 2.52. The van der Waals surface area contributed by atoms with Crippen molar-refractivity contribution < 1.29 is 9.90 Å². The molecule has 1 N–H and O–H groups in total. The standard InChI is InChI=1S/C12H15ClN6O2S/c1-7-6-17(12(20)21)3-4-18(7)11-16-10(22-2)15-9-8(13)5-14-19(9)11/h5,7H,3-4,6H2,1-2H3,(H,20,21)/t7-/m0/s1. The van der Waals surface area contributed by atoms with Crippen LogP contribution in [0.3, 0.4) is 0 Å². The van der Waals surface area contributed by atoms with Gasteiger partial charge in [-0.3, -0.25) is 0 Å². The third-order valence-electron chi connectivity index (χ3n) is 3.62. The molecule has 0 aromatic carbocycles. The zero-order valence-electron chi connectivity index (χ0n) is 12.1. The van der Waals surface area contributed by atoms with E-state index in [4.69, 9.17) is 16.7 Å². The molecule has 3 rings (SSSR count). The van der Waals surface area contributed by atoms with E-state index in [9.17, 15) is 4.79 Å². The van der Waals surface area contributed by atoms with Gasteiger partial charge in [0, 0.05) is 25.7 Å². The number of piperazine rings is 1. The molecule has 1 fully saturated rings. The van der Waals surface area contributed by atoms with Crippen molar-refractivity contribution in [3.63, 3.8) is 0 Å². The van der Waals surface area contributed by atoms with Crippen LogP contribution in [0.1, 0.15) is 6.92 Å². The van der Waals surface area contributed by atoms with E-state index in [1.165, 1.54) is 22.9 Å². The molecule has 2 aromatic heterocycles. The molecule has 1 atom stereocenters. The van der Waals surface area contributed by atoms with E-state index < -0.39 is 6.09 Å². The molecule has 0 bridgehead atoms. The van der Waals surface area contributed by atoms with E-state index in [0.29, 0.717) is 41.4 Å². The Morgan fingerprint density at radius 3 is 2.86 bits per heavy atom. The molecule has 1 aliphatic rings. The normalized spacial score (nSPS) is 19.0. The maximum absolute atomic E-state index is 11.1. The fraction of sp³-hybridized carbons (Fsp3) is 0.500. The molecule has 118 valence electrons. The topological polar surface area (TPSA) is 86.9 Å². The Morgan fingerprint density at radius 2 is 2.23 bits per heavy atom. The third kappa shape index (κ3) is 2.54. The summed E-state index contributed by atoms with van der Waals surface area (Å²) >= 11 is 7.55. The Balaban J connectivity index is 2.01. The van der Waals surface area contributed by atoms with Crippen molar-refractivity contribution in [2.75, 3.05) is 30.8 Å². The monoisotopic (exact) mass is 342 g/mol. The molecule has 1 saturated heterocycles. The van der Waals surface area contributed by atoms with Gasteiger partial charge in [0.1, 0.15) is 5.02 Å². The Hall–Kier alpha value is -1.74. The summed E-state index contributed by atoms with van der Waals surface area (Å²) in [4.78, 5) is 23.4. The quantitative estimate of drug-likeness (QED) is 0.831. The van der Waals surface area contributed by atoms with Gasteiger partial charge >= 0.3 is 6.09 Å². The van der Waals surface area contributed by atoms with Crippen LogP contribution in [0, 0.1) is 0 Å². The average molecular weight is 343 g/mol. The van der Waals surface area contributed by atoms with Crippen LogP contribution in [-0.4, -0.2) is 67.6 Å². The van der Waals surface area contributed by atoms with Gasteiger partial charge in [-0.2, -0.15) is 14.6 Å². The summed E-state index contributed by atoms with van der Waals surface area (Å²) < 4.78 is 1.61. The minimum atomic E-state index is -0.897. The number of rotatable bonds is 2. The molecule has 0 aliphatic carbocycles. The lowest BCUT2D eigenvalue weighted by atomic mass is 10.2. The van der Waals surface area contributed by atoms with Gasteiger partial charge in [-0.05, 0) is 13.2 Å². The fourth-order valence-corrected chi connectivity index (χ4v) is 3.04. The van der Waals surface area contributed by atoms with Crippen LogP contribution >= 0.6 is 23.4 Å².